The number of carbonyl (C=O) groups is 1. The van der Waals surface area contributed by atoms with E-state index < -0.39 is 6.04 Å². The van der Waals surface area contributed by atoms with E-state index in [2.05, 4.69) is 12.6 Å². The second-order valence-electron chi connectivity index (χ2n) is 3.87. The van der Waals surface area contributed by atoms with Crippen molar-refractivity contribution >= 4 is 18.6 Å². The molecule has 0 aromatic heterocycles. The number of rotatable bonds is 6. The van der Waals surface area contributed by atoms with E-state index >= 15 is 0 Å². The van der Waals surface area contributed by atoms with Crippen molar-refractivity contribution in [1.82, 2.24) is 0 Å². The molecule has 1 atom stereocenters. The number of nitrogens with two attached hydrogens (primary N) is 1. The van der Waals surface area contributed by atoms with E-state index in [1.54, 1.807) is 0 Å². The summed E-state index contributed by atoms with van der Waals surface area (Å²) in [4.78, 5) is 11.2. The molecular formula is C10H19NO2S. The van der Waals surface area contributed by atoms with Crippen LogP contribution < -0.4 is 5.73 Å². The van der Waals surface area contributed by atoms with Crippen LogP contribution >= 0.6 is 12.6 Å². The van der Waals surface area contributed by atoms with Crippen LogP contribution in [-0.2, 0) is 9.53 Å². The first-order chi connectivity index (χ1) is 6.74. The lowest BCUT2D eigenvalue weighted by Crippen LogP contribution is -2.33. The van der Waals surface area contributed by atoms with E-state index in [9.17, 15) is 4.79 Å². The second kappa shape index (κ2) is 6.30. The molecule has 14 heavy (non-hydrogen) atoms. The summed E-state index contributed by atoms with van der Waals surface area (Å²) in [5, 5.41) is 0. The molecule has 0 aromatic carbocycles. The van der Waals surface area contributed by atoms with Crippen LogP contribution in [0.2, 0.25) is 0 Å². The molecule has 0 saturated heterocycles. The summed E-state index contributed by atoms with van der Waals surface area (Å²) in [6, 6.07) is -0.492. The van der Waals surface area contributed by atoms with Gasteiger partial charge in [-0.05, 0) is 24.5 Å². The van der Waals surface area contributed by atoms with Gasteiger partial charge in [0.2, 0.25) is 0 Å². The molecule has 2 N–H and O–H groups in total. The van der Waals surface area contributed by atoms with Crippen molar-refractivity contribution < 1.29 is 9.53 Å². The molecule has 1 fully saturated rings. The van der Waals surface area contributed by atoms with Gasteiger partial charge in [-0.15, -0.1) is 0 Å². The van der Waals surface area contributed by atoms with Crippen LogP contribution in [0.15, 0.2) is 0 Å². The average Bonchev–Trinajstić information content (AvgIpc) is 2.09. The van der Waals surface area contributed by atoms with Crippen molar-refractivity contribution in [2.75, 3.05) is 12.4 Å². The van der Waals surface area contributed by atoms with Crippen LogP contribution in [0.4, 0.5) is 0 Å². The highest BCUT2D eigenvalue weighted by Gasteiger charge is 2.19. The highest BCUT2D eigenvalue weighted by atomic mass is 32.1. The Morgan fingerprint density at radius 1 is 1.57 bits per heavy atom. The molecule has 0 bridgehead atoms. The van der Waals surface area contributed by atoms with Gasteiger partial charge in [-0.3, -0.25) is 4.79 Å². The van der Waals surface area contributed by atoms with Gasteiger partial charge in [-0.2, -0.15) is 12.6 Å². The molecule has 1 saturated carbocycles. The molecule has 0 heterocycles. The van der Waals surface area contributed by atoms with Crippen LogP contribution in [0.1, 0.15) is 32.1 Å². The molecule has 1 rings (SSSR count). The fraction of sp³-hybridized carbons (Fsp3) is 0.900. The van der Waals surface area contributed by atoms with E-state index in [1.807, 2.05) is 0 Å². The fourth-order valence-electron chi connectivity index (χ4n) is 1.47. The normalized spacial score (nSPS) is 18.7. The monoisotopic (exact) mass is 217 g/mol. The zero-order valence-electron chi connectivity index (χ0n) is 8.45. The average molecular weight is 217 g/mol. The Morgan fingerprint density at radius 3 is 2.79 bits per heavy atom. The lowest BCUT2D eigenvalue weighted by molar-refractivity contribution is -0.145. The second-order valence-corrected chi connectivity index (χ2v) is 4.32. The Bertz CT molecular complexity index is 183. The number of hydrogen-bond donors (Lipinski definition) is 2. The molecule has 0 radical (unpaired) electrons. The molecule has 0 spiro atoms. The molecule has 3 nitrogen and oxygen atoms in total. The number of carbonyl (C=O) groups excluding carboxylic acids is 1. The Kier molecular flexibility index (Phi) is 5.33. The minimum atomic E-state index is -0.492. The Morgan fingerprint density at radius 2 is 2.29 bits per heavy atom. The van der Waals surface area contributed by atoms with Crippen molar-refractivity contribution in [1.29, 1.82) is 0 Å². The molecule has 0 aliphatic heterocycles. The zero-order valence-corrected chi connectivity index (χ0v) is 9.34. The van der Waals surface area contributed by atoms with Gasteiger partial charge in [0, 0.05) is 0 Å². The van der Waals surface area contributed by atoms with Gasteiger partial charge in [0.1, 0.15) is 6.04 Å². The molecule has 1 aliphatic rings. The summed E-state index contributed by atoms with van der Waals surface area (Å²) < 4.78 is 5.06. The van der Waals surface area contributed by atoms with Crippen LogP contribution in [-0.4, -0.2) is 24.4 Å². The summed E-state index contributed by atoms with van der Waals surface area (Å²) in [7, 11) is 0. The van der Waals surface area contributed by atoms with E-state index in [-0.39, 0.29) is 5.97 Å². The highest BCUT2D eigenvalue weighted by molar-refractivity contribution is 7.80. The summed E-state index contributed by atoms with van der Waals surface area (Å²) >= 11 is 4.01. The molecule has 0 amide bonds. The Labute approximate surface area is 90.8 Å². The topological polar surface area (TPSA) is 52.3 Å². The van der Waals surface area contributed by atoms with E-state index in [1.165, 1.54) is 19.3 Å². The van der Waals surface area contributed by atoms with Crippen LogP contribution in [0.5, 0.6) is 0 Å². The van der Waals surface area contributed by atoms with Crippen LogP contribution in [0.3, 0.4) is 0 Å². The van der Waals surface area contributed by atoms with E-state index in [4.69, 9.17) is 10.5 Å². The van der Waals surface area contributed by atoms with Crippen molar-refractivity contribution in [2.45, 2.75) is 38.1 Å². The first-order valence-electron chi connectivity index (χ1n) is 5.27. The molecule has 82 valence electrons. The Hall–Kier alpha value is -0.220. The van der Waals surface area contributed by atoms with E-state index in [0.29, 0.717) is 18.8 Å². The minimum Gasteiger partial charge on any atom is -0.465 e. The van der Waals surface area contributed by atoms with Gasteiger partial charge >= 0.3 is 5.97 Å². The lowest BCUT2D eigenvalue weighted by Gasteiger charge is -2.25. The van der Waals surface area contributed by atoms with Gasteiger partial charge in [0.25, 0.3) is 0 Å². The molecule has 1 aliphatic carbocycles. The predicted octanol–water partition coefficient (Wildman–Crippen LogP) is 1.37. The van der Waals surface area contributed by atoms with Gasteiger partial charge in [0.05, 0.1) is 6.61 Å². The summed E-state index contributed by atoms with van der Waals surface area (Å²) in [6.07, 6.45) is 5.50. The van der Waals surface area contributed by atoms with Crippen molar-refractivity contribution in [3.05, 3.63) is 0 Å². The van der Waals surface area contributed by atoms with Gasteiger partial charge in [0.15, 0.2) is 0 Å². The van der Waals surface area contributed by atoms with Gasteiger partial charge in [-0.25, -0.2) is 0 Å². The fourth-order valence-corrected chi connectivity index (χ4v) is 1.75. The number of thiol groups is 1. The third kappa shape index (κ3) is 3.88. The predicted molar refractivity (Wildman–Crippen MR) is 59.4 cm³/mol. The number of esters is 1. The minimum absolute atomic E-state index is 0.279. The van der Waals surface area contributed by atoms with E-state index in [0.717, 1.165) is 12.3 Å². The summed E-state index contributed by atoms with van der Waals surface area (Å²) in [5.41, 5.74) is 5.57. The zero-order chi connectivity index (χ0) is 10.4. The van der Waals surface area contributed by atoms with Gasteiger partial charge < -0.3 is 10.5 Å². The quantitative estimate of drug-likeness (QED) is 0.522. The maximum absolute atomic E-state index is 11.2. The summed E-state index contributed by atoms with van der Waals surface area (Å²) in [5.74, 6) is 1.13. The maximum Gasteiger partial charge on any atom is 0.322 e. The summed E-state index contributed by atoms with van der Waals surface area (Å²) in [6.45, 7) is 0.532. The number of ether oxygens (including phenoxy) is 1. The number of hydrogen-bond acceptors (Lipinski definition) is 4. The first-order valence-corrected chi connectivity index (χ1v) is 5.90. The Balaban J connectivity index is 2.01. The molecule has 4 heteroatoms. The highest BCUT2D eigenvalue weighted by Crippen LogP contribution is 2.29. The lowest BCUT2D eigenvalue weighted by atomic mass is 9.83. The molecule has 0 aromatic rings. The standard InChI is InChI=1S/C10H19NO2S/c11-9(5-7-14)10(12)13-6-4-8-2-1-3-8/h8-9,14H,1-7,11H2. The SMILES string of the molecule is NC(CCS)C(=O)OCCC1CCC1. The maximum atomic E-state index is 11.2. The largest absolute Gasteiger partial charge is 0.465 e. The molecule has 1 unspecified atom stereocenters. The third-order valence-electron chi connectivity index (χ3n) is 2.74. The third-order valence-corrected chi connectivity index (χ3v) is 3.00. The van der Waals surface area contributed by atoms with Crippen molar-refractivity contribution in [3.8, 4) is 0 Å². The molecular weight excluding hydrogens is 198 g/mol. The van der Waals surface area contributed by atoms with Crippen LogP contribution in [0, 0.1) is 5.92 Å². The van der Waals surface area contributed by atoms with Gasteiger partial charge in [-0.1, -0.05) is 19.3 Å². The van der Waals surface area contributed by atoms with Crippen molar-refractivity contribution in [3.63, 3.8) is 0 Å². The van der Waals surface area contributed by atoms with Crippen molar-refractivity contribution in [2.24, 2.45) is 11.7 Å². The first kappa shape index (κ1) is 11.9. The van der Waals surface area contributed by atoms with Crippen LogP contribution in [0.25, 0.3) is 0 Å². The smallest absolute Gasteiger partial charge is 0.322 e.